The Morgan fingerprint density at radius 1 is 1.27 bits per heavy atom. The van der Waals surface area contributed by atoms with Gasteiger partial charge in [0.25, 0.3) is 0 Å². The van der Waals surface area contributed by atoms with E-state index in [9.17, 15) is 9.59 Å². The summed E-state index contributed by atoms with van der Waals surface area (Å²) in [7, 11) is 0. The fraction of sp³-hybridized carbons (Fsp3) is 0.467. The molecule has 0 bridgehead atoms. The molecule has 3 atom stereocenters. The second kappa shape index (κ2) is 6.07. The number of hydrogen-bond donors (Lipinski definition) is 1. The van der Waals surface area contributed by atoms with Crippen LogP contribution in [0.1, 0.15) is 17.9 Å². The molecule has 1 saturated heterocycles. The lowest BCUT2D eigenvalue weighted by atomic mass is 10.1. The number of amides is 1. The van der Waals surface area contributed by atoms with Crippen molar-refractivity contribution >= 4 is 35.1 Å². The maximum absolute atomic E-state index is 12.5. The number of halogens is 2. The average molecular weight is 344 g/mol. The van der Waals surface area contributed by atoms with Crippen LogP contribution in [-0.2, 0) is 14.3 Å². The van der Waals surface area contributed by atoms with Crippen LogP contribution in [0.15, 0.2) is 18.2 Å². The highest BCUT2D eigenvalue weighted by molar-refractivity contribution is 6.42. The van der Waals surface area contributed by atoms with Crippen LogP contribution in [0.5, 0.6) is 0 Å². The third kappa shape index (κ3) is 3.07. The average Bonchev–Trinajstić information content (AvgIpc) is 3.30. The van der Waals surface area contributed by atoms with Gasteiger partial charge in [-0.1, -0.05) is 29.3 Å². The predicted molar refractivity (Wildman–Crippen MR) is 81.3 cm³/mol. The first-order valence-corrected chi connectivity index (χ1v) is 7.81. The van der Waals surface area contributed by atoms with Gasteiger partial charge in [0.05, 0.1) is 23.2 Å². The van der Waals surface area contributed by atoms with E-state index in [-0.39, 0.29) is 30.9 Å². The summed E-state index contributed by atoms with van der Waals surface area (Å²) in [6.07, 6.45) is -0.175. The predicted octanol–water partition coefficient (Wildman–Crippen LogP) is 2.41. The molecular weight excluding hydrogens is 329 g/mol. The molecular formula is C15H15Cl2NO4. The van der Waals surface area contributed by atoms with Crippen molar-refractivity contribution in [3.05, 3.63) is 33.8 Å². The zero-order valence-electron chi connectivity index (χ0n) is 11.7. The monoisotopic (exact) mass is 343 g/mol. The van der Waals surface area contributed by atoms with Gasteiger partial charge in [0.15, 0.2) is 6.10 Å². The summed E-state index contributed by atoms with van der Waals surface area (Å²) in [5.74, 6) is -1.02. The molecule has 0 spiro atoms. The number of morpholine rings is 1. The van der Waals surface area contributed by atoms with Crippen LogP contribution in [0.3, 0.4) is 0 Å². The molecule has 1 aliphatic carbocycles. The van der Waals surface area contributed by atoms with E-state index in [1.807, 2.05) is 6.07 Å². The Morgan fingerprint density at radius 2 is 2.05 bits per heavy atom. The normalized spacial score (nSPS) is 27.5. The maximum atomic E-state index is 12.5. The number of carbonyl (C=O) groups excluding carboxylic acids is 1. The van der Waals surface area contributed by atoms with E-state index in [1.54, 1.807) is 17.0 Å². The first kappa shape index (κ1) is 15.6. The number of carboxylic acids is 1. The molecule has 22 heavy (non-hydrogen) atoms. The van der Waals surface area contributed by atoms with Crippen LogP contribution in [0, 0.1) is 5.92 Å². The van der Waals surface area contributed by atoms with E-state index in [0.717, 1.165) is 12.0 Å². The summed E-state index contributed by atoms with van der Waals surface area (Å²) >= 11 is 11.9. The lowest BCUT2D eigenvalue weighted by molar-refractivity contribution is -0.159. The highest BCUT2D eigenvalue weighted by Crippen LogP contribution is 2.49. The van der Waals surface area contributed by atoms with Crippen LogP contribution in [0.25, 0.3) is 0 Å². The number of hydrogen-bond acceptors (Lipinski definition) is 3. The number of carboxylic acid groups (broad SMARTS) is 1. The summed E-state index contributed by atoms with van der Waals surface area (Å²) in [5.41, 5.74) is 0.996. The second-order valence-electron chi connectivity index (χ2n) is 5.60. The van der Waals surface area contributed by atoms with Gasteiger partial charge in [-0.3, -0.25) is 4.79 Å². The zero-order valence-corrected chi connectivity index (χ0v) is 13.2. The molecule has 2 fully saturated rings. The summed E-state index contributed by atoms with van der Waals surface area (Å²) in [6.45, 7) is 0.804. The molecule has 118 valence electrons. The first-order valence-electron chi connectivity index (χ1n) is 7.05. The van der Waals surface area contributed by atoms with E-state index in [4.69, 9.17) is 33.0 Å². The summed E-state index contributed by atoms with van der Waals surface area (Å²) in [6, 6.07) is 5.40. The van der Waals surface area contributed by atoms with Crippen molar-refractivity contribution < 1.29 is 19.4 Å². The molecule has 1 N–H and O–H groups in total. The molecule has 2 aliphatic rings. The lowest BCUT2D eigenvalue weighted by Gasteiger charge is -2.31. The Bertz CT molecular complexity index is 622. The minimum absolute atomic E-state index is 0.00868. The van der Waals surface area contributed by atoms with Gasteiger partial charge in [-0.15, -0.1) is 0 Å². The summed E-state index contributed by atoms with van der Waals surface area (Å²) < 4.78 is 5.13. The van der Waals surface area contributed by atoms with Gasteiger partial charge in [-0.05, 0) is 30.0 Å². The van der Waals surface area contributed by atoms with Gasteiger partial charge in [-0.2, -0.15) is 0 Å². The molecule has 7 heteroatoms. The van der Waals surface area contributed by atoms with Crippen molar-refractivity contribution in [1.82, 2.24) is 4.90 Å². The van der Waals surface area contributed by atoms with Gasteiger partial charge in [0, 0.05) is 12.5 Å². The Hall–Kier alpha value is -1.30. The van der Waals surface area contributed by atoms with Crippen LogP contribution < -0.4 is 0 Å². The number of benzene rings is 1. The first-order chi connectivity index (χ1) is 10.5. The van der Waals surface area contributed by atoms with Gasteiger partial charge >= 0.3 is 5.97 Å². The third-order valence-corrected chi connectivity index (χ3v) is 4.87. The van der Waals surface area contributed by atoms with Gasteiger partial charge < -0.3 is 14.7 Å². The van der Waals surface area contributed by atoms with Crippen molar-refractivity contribution in [3.63, 3.8) is 0 Å². The van der Waals surface area contributed by atoms with Crippen LogP contribution in [0.4, 0.5) is 0 Å². The number of rotatable bonds is 3. The standard InChI is InChI=1S/C15H15Cl2NO4/c16-11-2-1-8(5-12(11)17)9-6-10(9)14(19)18-3-4-22-13(7-18)15(20)21/h1-2,5,9-10,13H,3-4,6-7H2,(H,20,21)/t9-,10-,13+/m1/s1. The highest BCUT2D eigenvalue weighted by Gasteiger charge is 2.46. The smallest absolute Gasteiger partial charge is 0.334 e. The highest BCUT2D eigenvalue weighted by atomic mass is 35.5. The molecule has 1 aliphatic heterocycles. The van der Waals surface area contributed by atoms with Crippen molar-refractivity contribution in [1.29, 1.82) is 0 Å². The van der Waals surface area contributed by atoms with Crippen LogP contribution in [-0.4, -0.2) is 47.7 Å². The summed E-state index contributed by atoms with van der Waals surface area (Å²) in [5, 5.41) is 9.96. The molecule has 1 amide bonds. The topological polar surface area (TPSA) is 66.8 Å². The zero-order chi connectivity index (χ0) is 15.9. The molecule has 0 radical (unpaired) electrons. The van der Waals surface area contributed by atoms with Crippen molar-refractivity contribution in [2.24, 2.45) is 5.92 Å². The molecule has 1 saturated carbocycles. The summed E-state index contributed by atoms with van der Waals surface area (Å²) in [4.78, 5) is 25.0. The Kier molecular flexibility index (Phi) is 4.30. The van der Waals surface area contributed by atoms with E-state index >= 15 is 0 Å². The number of carbonyl (C=O) groups is 2. The fourth-order valence-electron chi connectivity index (χ4n) is 2.81. The Labute approximate surface area is 137 Å². The molecule has 5 nitrogen and oxygen atoms in total. The minimum Gasteiger partial charge on any atom is -0.479 e. The van der Waals surface area contributed by atoms with Crippen molar-refractivity contribution in [2.75, 3.05) is 19.7 Å². The number of aliphatic carboxylic acids is 1. The third-order valence-electron chi connectivity index (χ3n) is 4.13. The molecule has 0 unspecified atom stereocenters. The molecule has 1 heterocycles. The van der Waals surface area contributed by atoms with E-state index in [0.29, 0.717) is 16.6 Å². The SMILES string of the molecule is O=C(O)[C@@H]1CN(C(=O)[C@@H]2C[C@@H]2c2ccc(Cl)c(Cl)c2)CCO1. The van der Waals surface area contributed by atoms with E-state index in [1.165, 1.54) is 0 Å². The van der Waals surface area contributed by atoms with Gasteiger partial charge in [0.1, 0.15) is 0 Å². The fourth-order valence-corrected chi connectivity index (χ4v) is 3.12. The van der Waals surface area contributed by atoms with E-state index in [2.05, 4.69) is 0 Å². The number of nitrogens with zero attached hydrogens (tertiary/aromatic N) is 1. The van der Waals surface area contributed by atoms with Gasteiger partial charge in [0.2, 0.25) is 5.91 Å². The lowest BCUT2D eigenvalue weighted by Crippen LogP contribution is -2.49. The molecule has 3 rings (SSSR count). The van der Waals surface area contributed by atoms with Crippen LogP contribution >= 0.6 is 23.2 Å². The molecule has 1 aromatic carbocycles. The van der Waals surface area contributed by atoms with E-state index < -0.39 is 12.1 Å². The minimum atomic E-state index is -1.03. The van der Waals surface area contributed by atoms with Crippen LogP contribution in [0.2, 0.25) is 10.0 Å². The molecule has 0 aromatic heterocycles. The second-order valence-corrected chi connectivity index (χ2v) is 6.42. The van der Waals surface area contributed by atoms with Gasteiger partial charge in [-0.25, -0.2) is 4.79 Å². The largest absolute Gasteiger partial charge is 0.479 e. The van der Waals surface area contributed by atoms with Crippen molar-refractivity contribution in [2.45, 2.75) is 18.4 Å². The number of ether oxygens (including phenoxy) is 1. The van der Waals surface area contributed by atoms with Crippen molar-refractivity contribution in [3.8, 4) is 0 Å². The Morgan fingerprint density at radius 3 is 2.73 bits per heavy atom. The Balaban J connectivity index is 1.65. The quantitative estimate of drug-likeness (QED) is 0.915. The molecule has 1 aromatic rings. The maximum Gasteiger partial charge on any atom is 0.334 e.